The summed E-state index contributed by atoms with van der Waals surface area (Å²) < 4.78 is 5.70. The van der Waals surface area contributed by atoms with Gasteiger partial charge >= 0.3 is 6.09 Å². The van der Waals surface area contributed by atoms with Crippen LogP contribution in [0.4, 0.5) is 4.79 Å². The second kappa shape index (κ2) is 9.20. The highest BCUT2D eigenvalue weighted by atomic mass is 16.6. The van der Waals surface area contributed by atoms with E-state index in [1.807, 2.05) is 25.7 Å². The van der Waals surface area contributed by atoms with Gasteiger partial charge in [-0.2, -0.15) is 0 Å². The van der Waals surface area contributed by atoms with Crippen LogP contribution in [0.15, 0.2) is 78.9 Å². The first kappa shape index (κ1) is 22.1. The summed E-state index contributed by atoms with van der Waals surface area (Å²) in [5, 5.41) is 0. The van der Waals surface area contributed by atoms with Crippen molar-refractivity contribution in [1.29, 1.82) is 0 Å². The number of piperidine rings is 1. The molecule has 1 fully saturated rings. The van der Waals surface area contributed by atoms with Gasteiger partial charge in [0, 0.05) is 19.0 Å². The molecule has 4 rings (SSSR count). The molecule has 166 valence electrons. The van der Waals surface area contributed by atoms with Gasteiger partial charge in [-0.3, -0.25) is 0 Å². The maximum Gasteiger partial charge on any atom is 0.410 e. The molecule has 1 saturated heterocycles. The van der Waals surface area contributed by atoms with Gasteiger partial charge in [0.2, 0.25) is 0 Å². The molecule has 3 aromatic carbocycles. The van der Waals surface area contributed by atoms with E-state index in [9.17, 15) is 4.79 Å². The molecule has 0 N–H and O–H groups in total. The van der Waals surface area contributed by atoms with Crippen molar-refractivity contribution >= 4 is 6.09 Å². The highest BCUT2D eigenvalue weighted by Gasteiger charge is 2.35. The summed E-state index contributed by atoms with van der Waals surface area (Å²) in [6.07, 6.45) is 0.701. The number of hydrogen-bond acceptors (Lipinski definition) is 2. The molecule has 2 unspecified atom stereocenters. The number of likely N-dealkylation sites (tertiary alicyclic amines) is 1. The summed E-state index contributed by atoms with van der Waals surface area (Å²) in [6.45, 7) is 9.26. The zero-order valence-electron chi connectivity index (χ0n) is 19.5. The van der Waals surface area contributed by atoms with Crippen LogP contribution in [0.5, 0.6) is 0 Å². The number of carbonyl (C=O) groups excluding carboxylic acids is 1. The lowest BCUT2D eigenvalue weighted by atomic mass is 9.76. The average molecular weight is 428 g/mol. The van der Waals surface area contributed by atoms with Gasteiger partial charge in [0.25, 0.3) is 0 Å². The minimum atomic E-state index is -0.492. The van der Waals surface area contributed by atoms with E-state index in [0.29, 0.717) is 19.0 Å². The van der Waals surface area contributed by atoms with Crippen LogP contribution in [0.25, 0.3) is 11.1 Å². The quantitative estimate of drug-likeness (QED) is 0.443. The van der Waals surface area contributed by atoms with E-state index >= 15 is 0 Å². The second-order valence-electron chi connectivity index (χ2n) is 9.83. The van der Waals surface area contributed by atoms with E-state index in [2.05, 4.69) is 85.8 Å². The van der Waals surface area contributed by atoms with Gasteiger partial charge in [-0.1, -0.05) is 84.4 Å². The summed E-state index contributed by atoms with van der Waals surface area (Å²) in [5.41, 5.74) is 5.81. The molecule has 1 aliphatic heterocycles. The standard InChI is InChI=1S/C29H33NO2/c1-21-10-8-13-23(18-21)24-14-9-15-25(19-24)27-20-30(28(31)32-29(2,3)4)17-16-26(27)22-11-6-5-7-12-22/h5-15,18-19,26-27H,16-17,20H2,1-4H3. The summed E-state index contributed by atoms with van der Waals surface area (Å²) in [5.74, 6) is 0.575. The fraction of sp³-hybridized carbons (Fsp3) is 0.345. The predicted octanol–water partition coefficient (Wildman–Crippen LogP) is 7.17. The zero-order chi connectivity index (χ0) is 22.7. The number of nitrogens with zero attached hydrogens (tertiary/aromatic N) is 1. The van der Waals surface area contributed by atoms with E-state index in [1.165, 1.54) is 27.8 Å². The molecule has 3 aromatic rings. The van der Waals surface area contributed by atoms with Crippen LogP contribution >= 0.6 is 0 Å². The smallest absolute Gasteiger partial charge is 0.410 e. The van der Waals surface area contributed by atoms with Crippen LogP contribution in [-0.4, -0.2) is 29.7 Å². The van der Waals surface area contributed by atoms with E-state index in [-0.39, 0.29) is 12.0 Å². The van der Waals surface area contributed by atoms with Crippen molar-refractivity contribution in [2.75, 3.05) is 13.1 Å². The van der Waals surface area contributed by atoms with E-state index in [4.69, 9.17) is 4.74 Å². The molecule has 0 saturated carbocycles. The fourth-order valence-corrected chi connectivity index (χ4v) is 4.65. The SMILES string of the molecule is Cc1cccc(-c2cccc(C3CN(C(=O)OC(C)(C)C)CCC3c3ccccc3)c2)c1. The Bertz CT molecular complexity index is 1070. The number of benzene rings is 3. The molecule has 1 aliphatic rings. The zero-order valence-corrected chi connectivity index (χ0v) is 19.5. The molecule has 0 aromatic heterocycles. The number of hydrogen-bond donors (Lipinski definition) is 0. The van der Waals surface area contributed by atoms with Crippen LogP contribution in [-0.2, 0) is 4.74 Å². The topological polar surface area (TPSA) is 29.5 Å². The molecular weight excluding hydrogens is 394 g/mol. The largest absolute Gasteiger partial charge is 0.444 e. The van der Waals surface area contributed by atoms with Gasteiger partial charge in [-0.05, 0) is 62.3 Å². The minimum Gasteiger partial charge on any atom is -0.444 e. The number of rotatable bonds is 3. The molecular formula is C29H33NO2. The number of amides is 1. The summed E-state index contributed by atoms with van der Waals surface area (Å²) in [7, 11) is 0. The molecule has 0 bridgehead atoms. The first-order chi connectivity index (χ1) is 15.3. The lowest BCUT2D eigenvalue weighted by Crippen LogP contribution is -2.44. The monoisotopic (exact) mass is 427 g/mol. The van der Waals surface area contributed by atoms with Crippen molar-refractivity contribution in [2.45, 2.75) is 51.6 Å². The highest BCUT2D eigenvalue weighted by molar-refractivity contribution is 5.69. The third kappa shape index (κ3) is 5.21. The summed E-state index contributed by atoms with van der Waals surface area (Å²) >= 11 is 0. The van der Waals surface area contributed by atoms with Crippen LogP contribution in [0.3, 0.4) is 0 Å². The van der Waals surface area contributed by atoms with Crippen LogP contribution in [0.1, 0.15) is 55.7 Å². The second-order valence-corrected chi connectivity index (χ2v) is 9.83. The Morgan fingerprint density at radius 3 is 2.19 bits per heavy atom. The molecule has 32 heavy (non-hydrogen) atoms. The Hall–Kier alpha value is -3.07. The van der Waals surface area contributed by atoms with Crippen LogP contribution in [0.2, 0.25) is 0 Å². The highest BCUT2D eigenvalue weighted by Crippen LogP contribution is 2.41. The summed E-state index contributed by atoms with van der Waals surface area (Å²) in [4.78, 5) is 14.7. The first-order valence-electron chi connectivity index (χ1n) is 11.5. The number of aryl methyl sites for hydroxylation is 1. The normalized spacial score (nSPS) is 18.9. The van der Waals surface area contributed by atoms with Gasteiger partial charge in [0.1, 0.15) is 5.60 Å². The van der Waals surface area contributed by atoms with Gasteiger partial charge < -0.3 is 9.64 Å². The molecule has 2 atom stereocenters. The maximum absolute atomic E-state index is 12.9. The van der Waals surface area contributed by atoms with Crippen molar-refractivity contribution in [3.8, 4) is 11.1 Å². The third-order valence-corrected chi connectivity index (χ3v) is 6.16. The van der Waals surface area contributed by atoms with E-state index in [1.54, 1.807) is 0 Å². The predicted molar refractivity (Wildman–Crippen MR) is 131 cm³/mol. The Kier molecular flexibility index (Phi) is 6.36. The first-order valence-corrected chi connectivity index (χ1v) is 11.5. The Balaban J connectivity index is 1.68. The molecule has 3 heteroatoms. The Morgan fingerprint density at radius 1 is 0.844 bits per heavy atom. The van der Waals surface area contributed by atoms with Gasteiger partial charge in [-0.15, -0.1) is 0 Å². The molecule has 0 spiro atoms. The molecule has 0 radical (unpaired) electrons. The van der Waals surface area contributed by atoms with Gasteiger partial charge in [0.05, 0.1) is 0 Å². The van der Waals surface area contributed by atoms with Crippen molar-refractivity contribution in [2.24, 2.45) is 0 Å². The lowest BCUT2D eigenvalue weighted by molar-refractivity contribution is 0.0184. The minimum absolute atomic E-state index is 0.212. The van der Waals surface area contributed by atoms with E-state index in [0.717, 1.165) is 6.42 Å². The van der Waals surface area contributed by atoms with Gasteiger partial charge in [0.15, 0.2) is 0 Å². The Morgan fingerprint density at radius 2 is 1.50 bits per heavy atom. The average Bonchev–Trinajstić information content (AvgIpc) is 2.78. The van der Waals surface area contributed by atoms with E-state index < -0.39 is 5.60 Å². The van der Waals surface area contributed by atoms with Crippen molar-refractivity contribution in [3.05, 3.63) is 95.6 Å². The molecule has 1 heterocycles. The molecule has 3 nitrogen and oxygen atoms in total. The fourth-order valence-electron chi connectivity index (χ4n) is 4.65. The molecule has 0 aliphatic carbocycles. The van der Waals surface area contributed by atoms with Crippen molar-refractivity contribution in [3.63, 3.8) is 0 Å². The van der Waals surface area contributed by atoms with Crippen molar-refractivity contribution < 1.29 is 9.53 Å². The van der Waals surface area contributed by atoms with Crippen LogP contribution in [0, 0.1) is 6.92 Å². The van der Waals surface area contributed by atoms with Gasteiger partial charge in [-0.25, -0.2) is 4.79 Å². The van der Waals surface area contributed by atoms with Crippen LogP contribution < -0.4 is 0 Å². The number of ether oxygens (including phenoxy) is 1. The third-order valence-electron chi connectivity index (χ3n) is 6.16. The lowest BCUT2D eigenvalue weighted by Gasteiger charge is -2.39. The maximum atomic E-state index is 12.9. The Labute approximate surface area is 192 Å². The van der Waals surface area contributed by atoms with Crippen molar-refractivity contribution in [1.82, 2.24) is 4.90 Å². The molecule has 1 amide bonds. The summed E-state index contributed by atoms with van der Waals surface area (Å²) in [6, 6.07) is 28.1. The number of carbonyl (C=O) groups is 1.